The van der Waals surface area contributed by atoms with Crippen molar-refractivity contribution in [1.82, 2.24) is 9.29 Å². The van der Waals surface area contributed by atoms with Crippen LogP contribution in [0.4, 0.5) is 0 Å². The highest BCUT2D eigenvalue weighted by molar-refractivity contribution is 7.89. The SMILES string of the molecule is O=S(=O)(CC1CCOCC1)N1CCC(Cc2cccnc2)CC1. The Morgan fingerprint density at radius 3 is 2.52 bits per heavy atom. The van der Waals surface area contributed by atoms with Crippen LogP contribution in [0.5, 0.6) is 0 Å². The third-order valence-corrected chi connectivity index (χ3v) is 7.05. The van der Waals surface area contributed by atoms with Gasteiger partial charge < -0.3 is 4.74 Å². The van der Waals surface area contributed by atoms with E-state index in [-0.39, 0.29) is 5.92 Å². The molecule has 1 aromatic heterocycles. The minimum atomic E-state index is -3.11. The summed E-state index contributed by atoms with van der Waals surface area (Å²) in [5.74, 6) is 1.12. The van der Waals surface area contributed by atoms with E-state index in [4.69, 9.17) is 4.74 Å². The van der Waals surface area contributed by atoms with Crippen molar-refractivity contribution in [3.05, 3.63) is 30.1 Å². The van der Waals surface area contributed by atoms with Crippen LogP contribution in [0.1, 0.15) is 31.2 Å². The van der Waals surface area contributed by atoms with E-state index in [0.717, 1.165) is 32.1 Å². The van der Waals surface area contributed by atoms with Gasteiger partial charge in [0.25, 0.3) is 0 Å². The average molecular weight is 338 g/mol. The first-order chi connectivity index (χ1) is 11.1. The van der Waals surface area contributed by atoms with Gasteiger partial charge in [0, 0.05) is 38.7 Å². The molecule has 0 spiro atoms. The van der Waals surface area contributed by atoms with Crippen LogP contribution in [0.3, 0.4) is 0 Å². The van der Waals surface area contributed by atoms with Crippen LogP contribution in [-0.4, -0.2) is 49.8 Å². The minimum absolute atomic E-state index is 0.266. The molecule has 0 atom stereocenters. The summed E-state index contributed by atoms with van der Waals surface area (Å²) in [4.78, 5) is 4.15. The third-order valence-electron chi connectivity index (χ3n) is 5.00. The van der Waals surface area contributed by atoms with Gasteiger partial charge in [-0.2, -0.15) is 0 Å². The summed E-state index contributed by atoms with van der Waals surface area (Å²) in [5, 5.41) is 0. The molecular weight excluding hydrogens is 312 g/mol. The zero-order valence-electron chi connectivity index (χ0n) is 13.6. The van der Waals surface area contributed by atoms with Gasteiger partial charge in [-0.05, 0) is 55.6 Å². The molecule has 3 rings (SSSR count). The molecule has 0 radical (unpaired) electrons. The standard InChI is InChI=1S/C17H26N2O3S/c20-23(21,14-16-5-10-22-11-6-16)19-8-3-15(4-9-19)12-17-2-1-7-18-13-17/h1-2,7,13,15-16H,3-6,8-12,14H2. The lowest BCUT2D eigenvalue weighted by Gasteiger charge is -2.33. The smallest absolute Gasteiger partial charge is 0.214 e. The van der Waals surface area contributed by atoms with Gasteiger partial charge in [-0.1, -0.05) is 6.07 Å². The molecule has 1 aromatic rings. The summed E-state index contributed by atoms with van der Waals surface area (Å²) in [6.45, 7) is 2.73. The average Bonchev–Trinajstić information content (AvgIpc) is 2.57. The molecule has 0 saturated carbocycles. The minimum Gasteiger partial charge on any atom is -0.381 e. The quantitative estimate of drug-likeness (QED) is 0.825. The zero-order chi connectivity index (χ0) is 16.1. The lowest BCUT2D eigenvalue weighted by molar-refractivity contribution is 0.0719. The fraction of sp³-hybridized carbons (Fsp3) is 0.706. The van der Waals surface area contributed by atoms with Crippen LogP contribution in [0.2, 0.25) is 0 Å². The summed E-state index contributed by atoms with van der Waals surface area (Å²) in [6.07, 6.45) is 8.34. The Morgan fingerprint density at radius 1 is 1.13 bits per heavy atom. The Labute approximate surface area is 139 Å². The molecule has 3 heterocycles. The highest BCUT2D eigenvalue weighted by atomic mass is 32.2. The van der Waals surface area contributed by atoms with Crippen LogP contribution in [0, 0.1) is 11.8 Å². The number of sulfonamides is 1. The van der Waals surface area contributed by atoms with Crippen molar-refractivity contribution in [2.45, 2.75) is 32.1 Å². The number of nitrogens with zero attached hydrogens (tertiary/aromatic N) is 2. The molecule has 23 heavy (non-hydrogen) atoms. The maximum absolute atomic E-state index is 12.6. The van der Waals surface area contributed by atoms with Gasteiger partial charge in [0.1, 0.15) is 0 Å². The molecule has 0 N–H and O–H groups in total. The highest BCUT2D eigenvalue weighted by Crippen LogP contribution is 2.25. The molecule has 0 aliphatic carbocycles. The van der Waals surface area contributed by atoms with Crippen LogP contribution < -0.4 is 0 Å². The third kappa shape index (κ3) is 4.75. The predicted molar refractivity (Wildman–Crippen MR) is 89.6 cm³/mol. The van der Waals surface area contributed by atoms with Crippen LogP contribution in [0.25, 0.3) is 0 Å². The summed E-state index contributed by atoms with van der Waals surface area (Å²) >= 11 is 0. The van der Waals surface area contributed by atoms with Crippen molar-refractivity contribution in [3.8, 4) is 0 Å². The zero-order valence-corrected chi connectivity index (χ0v) is 14.4. The monoisotopic (exact) mass is 338 g/mol. The number of hydrogen-bond acceptors (Lipinski definition) is 4. The molecule has 0 amide bonds. The topological polar surface area (TPSA) is 59.5 Å². The first-order valence-corrected chi connectivity index (χ1v) is 10.2. The summed E-state index contributed by atoms with van der Waals surface area (Å²) in [5.41, 5.74) is 1.25. The van der Waals surface area contributed by atoms with Crippen molar-refractivity contribution in [2.24, 2.45) is 11.8 Å². The molecule has 5 nitrogen and oxygen atoms in total. The number of pyridine rings is 1. The van der Waals surface area contributed by atoms with Crippen LogP contribution in [0.15, 0.2) is 24.5 Å². The largest absolute Gasteiger partial charge is 0.381 e. The molecule has 2 aliphatic heterocycles. The molecule has 0 aromatic carbocycles. The number of aromatic nitrogens is 1. The molecule has 2 fully saturated rings. The van der Waals surface area contributed by atoms with Crippen molar-refractivity contribution < 1.29 is 13.2 Å². The Kier molecular flexibility index (Phi) is 5.67. The number of rotatable bonds is 5. The number of piperidine rings is 1. The first-order valence-electron chi connectivity index (χ1n) is 8.58. The fourth-order valence-electron chi connectivity index (χ4n) is 3.56. The van der Waals surface area contributed by atoms with E-state index in [1.54, 1.807) is 10.5 Å². The van der Waals surface area contributed by atoms with E-state index in [1.807, 2.05) is 12.3 Å². The summed E-state index contributed by atoms with van der Waals surface area (Å²) in [6, 6.07) is 4.06. The van der Waals surface area contributed by atoms with Crippen molar-refractivity contribution >= 4 is 10.0 Å². The highest BCUT2D eigenvalue weighted by Gasteiger charge is 2.30. The van der Waals surface area contributed by atoms with E-state index in [1.165, 1.54) is 5.56 Å². The summed E-state index contributed by atoms with van der Waals surface area (Å²) in [7, 11) is -3.11. The second kappa shape index (κ2) is 7.73. The predicted octanol–water partition coefficient (Wildman–Crippen LogP) is 2.09. The van der Waals surface area contributed by atoms with E-state index in [9.17, 15) is 8.42 Å². The van der Waals surface area contributed by atoms with E-state index >= 15 is 0 Å². The van der Waals surface area contributed by atoms with Gasteiger partial charge >= 0.3 is 0 Å². The van der Waals surface area contributed by atoms with Crippen molar-refractivity contribution in [3.63, 3.8) is 0 Å². The molecule has 128 valence electrons. The first kappa shape index (κ1) is 16.9. The Morgan fingerprint density at radius 2 is 1.87 bits per heavy atom. The molecule has 2 aliphatic rings. The second-order valence-corrected chi connectivity index (χ2v) is 8.76. The van der Waals surface area contributed by atoms with E-state index in [0.29, 0.717) is 38.0 Å². The van der Waals surface area contributed by atoms with E-state index < -0.39 is 10.0 Å². The van der Waals surface area contributed by atoms with Gasteiger partial charge in [0.05, 0.1) is 5.75 Å². The van der Waals surface area contributed by atoms with Crippen molar-refractivity contribution in [2.75, 3.05) is 32.1 Å². The Hall–Kier alpha value is -0.980. The lowest BCUT2D eigenvalue weighted by atomic mass is 9.92. The van der Waals surface area contributed by atoms with Crippen LogP contribution >= 0.6 is 0 Å². The molecule has 2 saturated heterocycles. The Balaban J connectivity index is 1.49. The van der Waals surface area contributed by atoms with Gasteiger partial charge in [-0.3, -0.25) is 4.98 Å². The number of hydrogen-bond donors (Lipinski definition) is 0. The van der Waals surface area contributed by atoms with Gasteiger partial charge in [0.15, 0.2) is 0 Å². The molecule has 6 heteroatoms. The maximum atomic E-state index is 12.6. The molecule has 0 bridgehead atoms. The fourth-order valence-corrected chi connectivity index (χ4v) is 5.47. The lowest BCUT2D eigenvalue weighted by Crippen LogP contribution is -2.41. The van der Waals surface area contributed by atoms with Crippen molar-refractivity contribution in [1.29, 1.82) is 0 Å². The normalized spacial score (nSPS) is 22.3. The van der Waals surface area contributed by atoms with Gasteiger partial charge in [0.2, 0.25) is 10.0 Å². The summed E-state index contributed by atoms with van der Waals surface area (Å²) < 4.78 is 32.2. The van der Waals surface area contributed by atoms with Gasteiger partial charge in [-0.25, -0.2) is 12.7 Å². The second-order valence-electron chi connectivity index (χ2n) is 6.74. The maximum Gasteiger partial charge on any atom is 0.214 e. The molecular formula is C17H26N2O3S. The number of ether oxygens (including phenoxy) is 1. The van der Waals surface area contributed by atoms with E-state index in [2.05, 4.69) is 11.1 Å². The Bertz CT molecular complexity index is 577. The van der Waals surface area contributed by atoms with Gasteiger partial charge in [-0.15, -0.1) is 0 Å². The molecule has 0 unspecified atom stereocenters. The van der Waals surface area contributed by atoms with Crippen LogP contribution in [-0.2, 0) is 21.2 Å².